The molecule has 10 heteroatoms. The molecule has 33 heavy (non-hydrogen) atoms. The number of morpholine rings is 1. The first-order chi connectivity index (χ1) is 15.9. The van der Waals surface area contributed by atoms with Gasteiger partial charge >= 0.3 is 0 Å². The van der Waals surface area contributed by atoms with Gasteiger partial charge in [0, 0.05) is 41.9 Å². The Morgan fingerprint density at radius 2 is 1.97 bits per heavy atom. The van der Waals surface area contributed by atoms with E-state index in [1.165, 1.54) is 0 Å². The Morgan fingerprint density at radius 1 is 1.18 bits per heavy atom. The highest BCUT2D eigenvalue weighted by Gasteiger charge is 2.20. The lowest BCUT2D eigenvalue weighted by Crippen LogP contribution is -2.36. The second-order valence-corrected chi connectivity index (χ2v) is 8.45. The molecule has 1 unspecified atom stereocenters. The highest BCUT2D eigenvalue weighted by Crippen LogP contribution is 2.25. The molecule has 7 nitrogen and oxygen atoms in total. The lowest BCUT2D eigenvalue weighted by Gasteiger charge is -2.28. The van der Waals surface area contributed by atoms with Crippen LogP contribution in [0.25, 0.3) is 10.9 Å². The number of hydrogen-bond acceptors (Lipinski definition) is 6. The smallest absolute Gasteiger partial charge is 0.196 e. The van der Waals surface area contributed by atoms with Crippen LogP contribution < -0.4 is 9.62 Å². The molecule has 2 aromatic carbocycles. The number of rotatable bonds is 8. The summed E-state index contributed by atoms with van der Waals surface area (Å²) in [5.74, 6) is -2.16. The number of nitrogens with one attached hydrogen (secondary N) is 1. The Hall–Kier alpha value is -2.79. The van der Waals surface area contributed by atoms with Crippen LogP contribution >= 0.6 is 0 Å². The van der Waals surface area contributed by atoms with E-state index in [2.05, 4.69) is 14.6 Å². The largest absolute Gasteiger partial charge is 0.760 e. The van der Waals surface area contributed by atoms with Crippen LogP contribution in [0.15, 0.2) is 42.6 Å². The molecule has 1 N–H and O–H groups in total. The number of hydrogen-bond donors (Lipinski definition) is 1. The number of benzene rings is 2. The number of carbonyl (C=O) groups excluding carboxylic acids is 1. The van der Waals surface area contributed by atoms with Crippen LogP contribution in [-0.2, 0) is 22.4 Å². The number of ketones is 1. The Labute approximate surface area is 192 Å². The predicted octanol–water partition coefficient (Wildman–Crippen LogP) is 2.90. The summed E-state index contributed by atoms with van der Waals surface area (Å²) in [5.41, 5.74) is 1.48. The van der Waals surface area contributed by atoms with Crippen LogP contribution in [0, 0.1) is 11.6 Å². The molecule has 1 fully saturated rings. The number of halogens is 2. The van der Waals surface area contributed by atoms with Crippen LogP contribution in [0.4, 0.5) is 14.5 Å². The fraction of sp³-hybridized carbons (Fsp3) is 0.304. The monoisotopic (exact) mass is 474 g/mol. The van der Waals surface area contributed by atoms with Gasteiger partial charge in [0.2, 0.25) is 0 Å². The molecule has 4 rings (SSSR count). The van der Waals surface area contributed by atoms with Crippen molar-refractivity contribution < 1.29 is 27.1 Å². The topological polar surface area (TPSA) is 94.6 Å². The molecule has 174 valence electrons. The lowest BCUT2D eigenvalue weighted by molar-refractivity contribution is 0.103. The number of aromatic nitrogens is 1. The van der Waals surface area contributed by atoms with Crippen molar-refractivity contribution in [2.45, 2.75) is 12.8 Å². The minimum absolute atomic E-state index is 0.0221. The summed E-state index contributed by atoms with van der Waals surface area (Å²) in [6.07, 6.45) is 2.11. The van der Waals surface area contributed by atoms with E-state index in [4.69, 9.17) is 4.74 Å². The summed E-state index contributed by atoms with van der Waals surface area (Å²) in [5, 5.41) is 0.721. The highest BCUT2D eigenvalue weighted by atomic mass is 32.2. The van der Waals surface area contributed by atoms with Gasteiger partial charge in [-0.2, -0.15) is 0 Å². The number of ether oxygens (including phenoxy) is 1. The third kappa shape index (κ3) is 5.59. The Morgan fingerprint density at radius 3 is 2.73 bits per heavy atom. The van der Waals surface area contributed by atoms with Gasteiger partial charge in [-0.05, 0) is 54.8 Å². The van der Waals surface area contributed by atoms with E-state index < -0.39 is 28.7 Å². The Bertz CT molecular complexity index is 1200. The van der Waals surface area contributed by atoms with Gasteiger partial charge in [-0.3, -0.25) is 14.0 Å². The summed E-state index contributed by atoms with van der Waals surface area (Å²) >= 11 is -2.42. The van der Waals surface area contributed by atoms with Gasteiger partial charge in [0.15, 0.2) is 5.78 Å². The van der Waals surface area contributed by atoms with E-state index in [-0.39, 0.29) is 36.1 Å². The van der Waals surface area contributed by atoms with E-state index in [0.29, 0.717) is 18.7 Å². The normalized spacial score (nSPS) is 15.1. The van der Waals surface area contributed by atoms with Crippen LogP contribution in [0.3, 0.4) is 0 Å². The maximum Gasteiger partial charge on any atom is 0.196 e. The number of pyridine rings is 1. The zero-order valence-corrected chi connectivity index (χ0v) is 18.5. The first-order valence-corrected chi connectivity index (χ1v) is 11.6. The molecule has 0 radical (unpaired) electrons. The van der Waals surface area contributed by atoms with Crippen LogP contribution in [0.1, 0.15) is 27.9 Å². The molecule has 1 aliphatic heterocycles. The summed E-state index contributed by atoms with van der Waals surface area (Å²) in [7, 11) is 0. The summed E-state index contributed by atoms with van der Waals surface area (Å²) in [6.45, 7) is 2.82. The third-order valence-electron chi connectivity index (χ3n) is 5.51. The van der Waals surface area contributed by atoms with E-state index in [0.717, 1.165) is 36.3 Å². The van der Waals surface area contributed by atoms with Crippen LogP contribution in [0.5, 0.6) is 0 Å². The molecule has 3 aromatic rings. The third-order valence-corrected chi connectivity index (χ3v) is 5.95. The number of aryl methyl sites for hydroxylation is 1. The van der Waals surface area contributed by atoms with Gasteiger partial charge in [-0.1, -0.05) is 0 Å². The molecular formula is C23H22F2N3O4S-. The average molecular weight is 475 g/mol. The van der Waals surface area contributed by atoms with Gasteiger partial charge in [0.25, 0.3) is 0 Å². The number of fused-ring (bicyclic) bond motifs is 1. The van der Waals surface area contributed by atoms with Crippen molar-refractivity contribution >= 4 is 33.6 Å². The predicted molar refractivity (Wildman–Crippen MR) is 120 cm³/mol. The first-order valence-electron chi connectivity index (χ1n) is 10.5. The van der Waals surface area contributed by atoms with E-state index >= 15 is 4.39 Å². The SMILES string of the molecule is O=C(c1ccc2ncc(N3CCOCC3)cc2c1)c1cc(F)cc(CCCNS(=O)[O-])c1F. The second kappa shape index (κ2) is 10.4. The minimum atomic E-state index is -2.42. The van der Waals surface area contributed by atoms with Gasteiger partial charge in [0.05, 0.1) is 36.2 Å². The maximum absolute atomic E-state index is 15.0. The van der Waals surface area contributed by atoms with Crippen molar-refractivity contribution in [3.8, 4) is 0 Å². The van der Waals surface area contributed by atoms with E-state index in [9.17, 15) is 17.9 Å². The highest BCUT2D eigenvalue weighted by molar-refractivity contribution is 7.77. The summed E-state index contributed by atoms with van der Waals surface area (Å²) in [6, 6.07) is 8.69. The molecule has 0 amide bonds. The number of nitrogens with zero attached hydrogens (tertiary/aromatic N) is 2. The van der Waals surface area contributed by atoms with Crippen LogP contribution in [0.2, 0.25) is 0 Å². The zero-order valence-electron chi connectivity index (χ0n) is 17.7. The molecule has 0 saturated carbocycles. The van der Waals surface area contributed by atoms with Gasteiger partial charge in [-0.15, -0.1) is 0 Å². The average Bonchev–Trinajstić information content (AvgIpc) is 2.83. The van der Waals surface area contributed by atoms with Crippen LogP contribution in [-0.4, -0.2) is 52.4 Å². The molecule has 0 spiro atoms. The molecule has 1 atom stereocenters. The fourth-order valence-corrected chi connectivity index (χ4v) is 4.15. The van der Waals surface area contributed by atoms with Crippen molar-refractivity contribution in [3.05, 3.63) is 70.9 Å². The minimum Gasteiger partial charge on any atom is -0.760 e. The molecule has 0 bridgehead atoms. The first kappa shape index (κ1) is 23.4. The van der Waals surface area contributed by atoms with Crippen molar-refractivity contribution in [1.82, 2.24) is 9.71 Å². The zero-order chi connectivity index (χ0) is 23.4. The molecule has 1 aromatic heterocycles. The van der Waals surface area contributed by atoms with E-state index in [1.807, 2.05) is 6.07 Å². The van der Waals surface area contributed by atoms with E-state index in [1.54, 1.807) is 24.4 Å². The molecule has 1 aliphatic rings. The van der Waals surface area contributed by atoms with Gasteiger partial charge < -0.3 is 14.2 Å². The molecule has 0 aliphatic carbocycles. The van der Waals surface area contributed by atoms with Crippen molar-refractivity contribution in [2.75, 3.05) is 37.7 Å². The van der Waals surface area contributed by atoms with Crippen molar-refractivity contribution in [2.24, 2.45) is 0 Å². The lowest BCUT2D eigenvalue weighted by atomic mass is 9.97. The standard InChI is InChI=1S/C23H23F2N3O4S/c24-18-11-15(2-1-5-27-33(30)31)22(25)20(13-18)23(29)16-3-4-21-17(10-16)12-19(14-26-21)28-6-8-32-9-7-28/h3-4,10-14,27H,1-2,5-9H2,(H,30,31)/p-1. The Kier molecular flexibility index (Phi) is 7.39. The number of anilines is 1. The van der Waals surface area contributed by atoms with Gasteiger partial charge in [-0.25, -0.2) is 13.5 Å². The number of carbonyl (C=O) groups is 1. The summed E-state index contributed by atoms with van der Waals surface area (Å²) < 4.78 is 57.8. The van der Waals surface area contributed by atoms with Gasteiger partial charge in [0.1, 0.15) is 11.6 Å². The molecular weight excluding hydrogens is 452 g/mol. The summed E-state index contributed by atoms with van der Waals surface area (Å²) in [4.78, 5) is 19.7. The van der Waals surface area contributed by atoms with Crippen molar-refractivity contribution in [3.63, 3.8) is 0 Å². The fourth-order valence-electron chi connectivity index (χ4n) is 3.84. The molecule has 2 heterocycles. The quantitative estimate of drug-likeness (QED) is 0.307. The van der Waals surface area contributed by atoms with Crippen molar-refractivity contribution in [1.29, 1.82) is 0 Å². The molecule has 1 saturated heterocycles. The maximum atomic E-state index is 15.0. The Balaban J connectivity index is 1.60. The second-order valence-electron chi connectivity index (χ2n) is 7.69.